The zero-order chi connectivity index (χ0) is 12.9. The second-order valence-electron chi connectivity index (χ2n) is 4.57. The topological polar surface area (TPSA) is 67.9 Å². The van der Waals surface area contributed by atoms with Crippen molar-refractivity contribution >= 4 is 10.0 Å². The maximum absolute atomic E-state index is 11.2. The minimum absolute atomic E-state index is 0.180. The summed E-state index contributed by atoms with van der Waals surface area (Å²) in [7, 11) is 0.736. The number of nitrogens with zero attached hydrogens (tertiary/aromatic N) is 1. The first-order valence-electron chi connectivity index (χ1n) is 5.70. The largest absolute Gasteiger partial charge is 0.379 e. The van der Waals surface area contributed by atoms with Gasteiger partial charge in [-0.05, 0) is 20.5 Å². The van der Waals surface area contributed by atoms with Gasteiger partial charge in [-0.25, -0.2) is 13.1 Å². The van der Waals surface area contributed by atoms with Gasteiger partial charge in [-0.1, -0.05) is 0 Å². The van der Waals surface area contributed by atoms with Crippen molar-refractivity contribution in [2.75, 3.05) is 46.7 Å². The molecule has 1 aliphatic rings. The summed E-state index contributed by atoms with van der Waals surface area (Å²) >= 11 is 0. The molecule has 0 aromatic carbocycles. The molecule has 1 fully saturated rings. The summed E-state index contributed by atoms with van der Waals surface area (Å²) in [5.41, 5.74) is 0. The van der Waals surface area contributed by atoms with Crippen LogP contribution in [0.4, 0.5) is 0 Å². The van der Waals surface area contributed by atoms with Gasteiger partial charge in [0.15, 0.2) is 0 Å². The number of ether oxygens (including phenoxy) is 2. The van der Waals surface area contributed by atoms with Gasteiger partial charge in [0.25, 0.3) is 0 Å². The van der Waals surface area contributed by atoms with Crippen LogP contribution in [0, 0.1) is 0 Å². The Balaban J connectivity index is 2.42. The number of rotatable bonds is 6. The normalized spacial score (nSPS) is 26.4. The van der Waals surface area contributed by atoms with Gasteiger partial charge in [0.2, 0.25) is 10.0 Å². The monoisotopic (exact) mass is 266 g/mol. The third-order valence-corrected chi connectivity index (χ3v) is 3.27. The van der Waals surface area contributed by atoms with E-state index in [4.69, 9.17) is 9.47 Å². The van der Waals surface area contributed by atoms with Crippen LogP contribution in [-0.2, 0) is 19.5 Å². The van der Waals surface area contributed by atoms with Crippen molar-refractivity contribution in [1.29, 1.82) is 0 Å². The highest BCUT2D eigenvalue weighted by molar-refractivity contribution is 7.88. The van der Waals surface area contributed by atoms with Gasteiger partial charge in [-0.3, -0.25) is 0 Å². The fourth-order valence-corrected chi connectivity index (χ4v) is 2.49. The highest BCUT2D eigenvalue weighted by Gasteiger charge is 2.28. The van der Waals surface area contributed by atoms with E-state index >= 15 is 0 Å². The van der Waals surface area contributed by atoms with E-state index in [1.807, 2.05) is 19.0 Å². The molecule has 0 aromatic rings. The lowest BCUT2D eigenvalue weighted by molar-refractivity contribution is -0.0665. The summed E-state index contributed by atoms with van der Waals surface area (Å²) < 4.78 is 36.0. The molecule has 17 heavy (non-hydrogen) atoms. The minimum atomic E-state index is -3.19. The third-order valence-electron chi connectivity index (χ3n) is 2.54. The first-order chi connectivity index (χ1) is 7.88. The highest BCUT2D eigenvalue weighted by atomic mass is 32.2. The molecule has 1 N–H and O–H groups in total. The van der Waals surface area contributed by atoms with E-state index < -0.39 is 10.0 Å². The lowest BCUT2D eigenvalue weighted by Crippen LogP contribution is -2.50. The van der Waals surface area contributed by atoms with E-state index in [0.29, 0.717) is 26.2 Å². The van der Waals surface area contributed by atoms with Crippen molar-refractivity contribution in [3.63, 3.8) is 0 Å². The van der Waals surface area contributed by atoms with Gasteiger partial charge in [-0.2, -0.15) is 0 Å². The molecule has 2 atom stereocenters. The summed E-state index contributed by atoms with van der Waals surface area (Å²) in [5, 5.41) is 0. The molecule has 0 spiro atoms. The first kappa shape index (κ1) is 14.8. The molecule has 0 radical (unpaired) electrons. The molecular formula is C10H22N2O4S. The van der Waals surface area contributed by atoms with Gasteiger partial charge in [0, 0.05) is 13.2 Å². The van der Waals surface area contributed by atoms with Gasteiger partial charge in [-0.15, -0.1) is 0 Å². The molecule has 0 unspecified atom stereocenters. The number of hydrogen-bond acceptors (Lipinski definition) is 5. The summed E-state index contributed by atoms with van der Waals surface area (Å²) in [5.74, 6) is 0. The fourth-order valence-electron chi connectivity index (χ4n) is 1.67. The van der Waals surface area contributed by atoms with E-state index in [-0.39, 0.29) is 12.1 Å². The van der Waals surface area contributed by atoms with Crippen LogP contribution in [0.3, 0.4) is 0 Å². The predicted octanol–water partition coefficient (Wildman–Crippen LogP) is -0.729. The molecule has 0 bridgehead atoms. The second kappa shape index (κ2) is 6.65. The fraction of sp³-hybridized carbons (Fsp3) is 1.00. The van der Waals surface area contributed by atoms with E-state index in [9.17, 15) is 8.42 Å². The quantitative estimate of drug-likeness (QED) is 0.686. The summed E-state index contributed by atoms with van der Waals surface area (Å²) in [4.78, 5) is 2.02. The van der Waals surface area contributed by atoms with Gasteiger partial charge in [0.1, 0.15) is 0 Å². The smallest absolute Gasteiger partial charge is 0.209 e. The third kappa shape index (κ3) is 6.32. The molecule has 0 amide bonds. The molecule has 0 aliphatic carbocycles. The van der Waals surface area contributed by atoms with Crippen molar-refractivity contribution in [1.82, 2.24) is 9.62 Å². The maximum Gasteiger partial charge on any atom is 0.209 e. The molecular weight excluding hydrogens is 244 g/mol. The first-order valence-corrected chi connectivity index (χ1v) is 7.59. The lowest BCUT2D eigenvalue weighted by Gasteiger charge is -2.31. The van der Waals surface area contributed by atoms with Crippen molar-refractivity contribution in [3.05, 3.63) is 0 Å². The van der Waals surface area contributed by atoms with Crippen LogP contribution in [0.2, 0.25) is 0 Å². The van der Waals surface area contributed by atoms with Crippen LogP contribution in [0.15, 0.2) is 0 Å². The maximum atomic E-state index is 11.2. The molecule has 1 rings (SSSR count). The molecule has 7 heteroatoms. The van der Waals surface area contributed by atoms with E-state index in [0.717, 1.165) is 6.54 Å². The standard InChI is InChI=1S/C10H22N2O4S/c1-12(2)5-7-16-10-8-15-6-4-9(10)11-17(3,13)14/h9-11H,4-8H2,1-3H3/t9-,10-/m1/s1. The second-order valence-corrected chi connectivity index (χ2v) is 6.35. The zero-order valence-electron chi connectivity index (χ0n) is 10.7. The van der Waals surface area contributed by atoms with Gasteiger partial charge in [0.05, 0.1) is 31.6 Å². The van der Waals surface area contributed by atoms with Crippen LogP contribution < -0.4 is 4.72 Å². The van der Waals surface area contributed by atoms with Crippen LogP contribution in [-0.4, -0.2) is 72.2 Å². The molecule has 1 heterocycles. The van der Waals surface area contributed by atoms with Crippen molar-refractivity contribution in [2.45, 2.75) is 18.6 Å². The average Bonchev–Trinajstić information content (AvgIpc) is 2.17. The number of nitrogens with one attached hydrogen (secondary N) is 1. The lowest BCUT2D eigenvalue weighted by atomic mass is 10.1. The summed E-state index contributed by atoms with van der Waals surface area (Å²) in [6.07, 6.45) is 1.62. The van der Waals surface area contributed by atoms with E-state index in [2.05, 4.69) is 4.72 Å². The Morgan fingerprint density at radius 3 is 2.76 bits per heavy atom. The summed E-state index contributed by atoms with van der Waals surface area (Å²) in [6, 6.07) is -0.180. The Morgan fingerprint density at radius 1 is 1.47 bits per heavy atom. The van der Waals surface area contributed by atoms with Crippen molar-refractivity contribution in [2.24, 2.45) is 0 Å². The number of hydrogen-bond donors (Lipinski definition) is 1. The van der Waals surface area contributed by atoms with Crippen LogP contribution in [0.1, 0.15) is 6.42 Å². The van der Waals surface area contributed by atoms with Crippen LogP contribution >= 0.6 is 0 Å². The minimum Gasteiger partial charge on any atom is -0.379 e. The van der Waals surface area contributed by atoms with Gasteiger partial charge >= 0.3 is 0 Å². The number of likely N-dealkylation sites (N-methyl/N-ethyl adjacent to an activating group) is 1. The zero-order valence-corrected chi connectivity index (χ0v) is 11.5. The Kier molecular flexibility index (Phi) is 5.81. The molecule has 6 nitrogen and oxygen atoms in total. The number of sulfonamides is 1. The van der Waals surface area contributed by atoms with Crippen LogP contribution in [0.25, 0.3) is 0 Å². The molecule has 102 valence electrons. The molecule has 1 saturated heterocycles. The Bertz CT molecular complexity index is 318. The molecule has 1 aliphatic heterocycles. The summed E-state index contributed by atoms with van der Waals surface area (Å²) in [6.45, 7) is 2.40. The SMILES string of the molecule is CN(C)CCO[C@@H]1COCC[C@H]1NS(C)(=O)=O. The van der Waals surface area contributed by atoms with Crippen molar-refractivity contribution < 1.29 is 17.9 Å². The Hall–Kier alpha value is -0.210. The van der Waals surface area contributed by atoms with Crippen molar-refractivity contribution in [3.8, 4) is 0 Å². The van der Waals surface area contributed by atoms with Crippen LogP contribution in [0.5, 0.6) is 0 Å². The van der Waals surface area contributed by atoms with E-state index in [1.54, 1.807) is 0 Å². The average molecular weight is 266 g/mol. The highest BCUT2D eigenvalue weighted by Crippen LogP contribution is 2.12. The predicted molar refractivity (Wildman–Crippen MR) is 65.5 cm³/mol. The van der Waals surface area contributed by atoms with Gasteiger partial charge < -0.3 is 14.4 Å². The Labute approximate surface area is 103 Å². The Morgan fingerprint density at radius 2 is 2.18 bits per heavy atom. The molecule has 0 aromatic heterocycles. The molecule has 0 saturated carbocycles. The van der Waals surface area contributed by atoms with E-state index in [1.165, 1.54) is 6.26 Å².